The van der Waals surface area contributed by atoms with Crippen molar-refractivity contribution in [1.82, 2.24) is 5.32 Å². The van der Waals surface area contributed by atoms with Gasteiger partial charge in [0.25, 0.3) is 0 Å². The molecule has 0 fully saturated rings. The molecule has 0 aliphatic carbocycles. The van der Waals surface area contributed by atoms with Gasteiger partial charge in [0.05, 0.1) is 11.7 Å². The largest absolute Gasteiger partial charge is 0.313 e. The Balaban J connectivity index is 2.73. The number of isothiocyanates is 1. The smallest absolute Gasteiger partial charge is 0.134 e. The molecule has 0 saturated heterocycles. The summed E-state index contributed by atoms with van der Waals surface area (Å²) in [5.74, 6) is 0. The molecule has 0 saturated carbocycles. The van der Waals surface area contributed by atoms with Crippen molar-refractivity contribution in [3.8, 4) is 12.1 Å². The lowest BCUT2D eigenvalue weighted by atomic mass is 10.0. The van der Waals surface area contributed by atoms with Gasteiger partial charge in [0.15, 0.2) is 0 Å². The zero-order chi connectivity index (χ0) is 14.6. The van der Waals surface area contributed by atoms with E-state index in [9.17, 15) is 0 Å². The van der Waals surface area contributed by atoms with Crippen molar-refractivity contribution in [1.29, 1.82) is 10.5 Å². The molecule has 0 radical (unpaired) electrons. The van der Waals surface area contributed by atoms with E-state index in [1.165, 1.54) is 0 Å². The van der Waals surface area contributed by atoms with Crippen molar-refractivity contribution in [2.75, 3.05) is 19.6 Å². The number of hydrogen-bond donors (Lipinski definition) is 1. The highest BCUT2D eigenvalue weighted by Gasteiger charge is 2.08. The van der Waals surface area contributed by atoms with Crippen molar-refractivity contribution in [3.63, 3.8) is 0 Å². The van der Waals surface area contributed by atoms with E-state index < -0.39 is 0 Å². The molecule has 20 heavy (non-hydrogen) atoms. The molecule has 1 aromatic carbocycles. The molecular weight excluding hydrogens is 268 g/mol. The van der Waals surface area contributed by atoms with Gasteiger partial charge in [0, 0.05) is 12.1 Å². The van der Waals surface area contributed by atoms with E-state index in [0.717, 1.165) is 18.5 Å². The Bertz CT molecular complexity index is 571. The Hall–Kier alpha value is -2.30. The molecule has 0 amide bonds. The van der Waals surface area contributed by atoms with Crippen LogP contribution in [0.15, 0.2) is 40.9 Å². The Morgan fingerprint density at radius 3 is 2.50 bits per heavy atom. The van der Waals surface area contributed by atoms with Gasteiger partial charge in [0.2, 0.25) is 0 Å². The molecule has 0 aromatic heterocycles. The molecule has 0 unspecified atom stereocenters. The van der Waals surface area contributed by atoms with Crippen LogP contribution in [0.2, 0.25) is 0 Å². The fourth-order valence-corrected chi connectivity index (χ4v) is 1.77. The van der Waals surface area contributed by atoms with E-state index in [0.29, 0.717) is 18.7 Å². The molecule has 0 heterocycles. The highest BCUT2D eigenvalue weighted by atomic mass is 32.1. The van der Waals surface area contributed by atoms with E-state index in [-0.39, 0.29) is 5.57 Å². The van der Waals surface area contributed by atoms with Crippen LogP contribution in [-0.2, 0) is 0 Å². The van der Waals surface area contributed by atoms with E-state index >= 15 is 0 Å². The topological polar surface area (TPSA) is 72.0 Å². The molecule has 4 nitrogen and oxygen atoms in total. The lowest BCUT2D eigenvalue weighted by Gasteiger charge is -2.09. The number of benzene rings is 1. The van der Waals surface area contributed by atoms with E-state index in [4.69, 9.17) is 10.5 Å². The van der Waals surface area contributed by atoms with Crippen LogP contribution in [-0.4, -0.2) is 24.8 Å². The zero-order valence-electron chi connectivity index (χ0n) is 11.0. The molecular formula is C15H14N4S. The number of thiocarbonyl (C=S) groups is 1. The minimum Gasteiger partial charge on any atom is -0.313 e. The average molecular weight is 282 g/mol. The Kier molecular flexibility index (Phi) is 7.57. The molecule has 1 rings (SSSR count). The first-order valence-electron chi connectivity index (χ1n) is 6.16. The number of hydrogen-bond acceptors (Lipinski definition) is 5. The maximum atomic E-state index is 9.04. The quantitative estimate of drug-likeness (QED) is 0.361. The number of nitriles is 2. The fourth-order valence-electron chi connectivity index (χ4n) is 1.68. The van der Waals surface area contributed by atoms with Crippen LogP contribution >= 0.6 is 12.2 Å². The maximum absolute atomic E-state index is 9.04. The molecule has 0 spiro atoms. The van der Waals surface area contributed by atoms with Crippen LogP contribution in [0.3, 0.4) is 0 Å². The van der Waals surface area contributed by atoms with E-state index in [1.807, 2.05) is 42.5 Å². The summed E-state index contributed by atoms with van der Waals surface area (Å²) in [5.41, 5.74) is 1.74. The Labute approximate surface area is 124 Å². The number of nitrogens with one attached hydrogen (secondary N) is 1. The first-order valence-corrected chi connectivity index (χ1v) is 6.57. The summed E-state index contributed by atoms with van der Waals surface area (Å²) in [6.07, 6.45) is 0.833. The molecule has 1 aromatic rings. The lowest BCUT2D eigenvalue weighted by molar-refractivity contribution is 0.706. The second kappa shape index (κ2) is 9.61. The predicted molar refractivity (Wildman–Crippen MR) is 82.0 cm³/mol. The van der Waals surface area contributed by atoms with Crippen LogP contribution in [0.4, 0.5) is 0 Å². The Morgan fingerprint density at radius 1 is 1.20 bits per heavy atom. The Morgan fingerprint density at radius 2 is 1.90 bits per heavy atom. The molecule has 1 N–H and O–H groups in total. The van der Waals surface area contributed by atoms with E-state index in [1.54, 1.807) is 0 Å². The van der Waals surface area contributed by atoms with Gasteiger partial charge in [-0.25, -0.2) is 4.99 Å². The van der Waals surface area contributed by atoms with Crippen molar-refractivity contribution < 1.29 is 0 Å². The second-order valence-electron chi connectivity index (χ2n) is 3.95. The van der Waals surface area contributed by atoms with Crippen LogP contribution in [0.1, 0.15) is 12.0 Å². The van der Waals surface area contributed by atoms with Gasteiger partial charge in [-0.2, -0.15) is 10.5 Å². The number of aliphatic imine (C=N–C) groups is 1. The predicted octanol–water partition coefficient (Wildman–Crippen LogP) is 2.57. The average Bonchev–Trinajstić information content (AvgIpc) is 2.50. The summed E-state index contributed by atoms with van der Waals surface area (Å²) in [7, 11) is 0. The SMILES string of the molecule is N#CC(C#N)=C(CNCCCN=C=S)c1ccccc1. The van der Waals surface area contributed by atoms with Gasteiger partial charge in [-0.1, -0.05) is 30.3 Å². The van der Waals surface area contributed by atoms with Gasteiger partial charge in [-0.15, -0.1) is 0 Å². The highest BCUT2D eigenvalue weighted by Crippen LogP contribution is 2.17. The summed E-state index contributed by atoms with van der Waals surface area (Å²) < 4.78 is 0. The summed E-state index contributed by atoms with van der Waals surface area (Å²) >= 11 is 4.48. The summed E-state index contributed by atoms with van der Waals surface area (Å²) in [4.78, 5) is 3.82. The zero-order valence-corrected chi connectivity index (χ0v) is 11.8. The monoisotopic (exact) mass is 282 g/mol. The molecule has 0 bridgehead atoms. The van der Waals surface area contributed by atoms with Gasteiger partial charge >= 0.3 is 0 Å². The van der Waals surface area contributed by atoms with Gasteiger partial charge < -0.3 is 5.32 Å². The first-order chi connectivity index (χ1) is 9.83. The van der Waals surface area contributed by atoms with Crippen molar-refractivity contribution in [3.05, 3.63) is 41.5 Å². The third-order valence-electron chi connectivity index (χ3n) is 2.64. The third kappa shape index (κ3) is 5.14. The first kappa shape index (κ1) is 15.8. The molecule has 5 heteroatoms. The minimum atomic E-state index is 0.139. The normalized spacial score (nSPS) is 8.90. The van der Waals surface area contributed by atoms with Gasteiger partial charge in [0.1, 0.15) is 17.7 Å². The number of nitrogens with zero attached hydrogens (tertiary/aromatic N) is 3. The second-order valence-corrected chi connectivity index (χ2v) is 4.13. The molecule has 100 valence electrons. The van der Waals surface area contributed by atoms with Crippen LogP contribution in [0.25, 0.3) is 5.57 Å². The maximum Gasteiger partial charge on any atom is 0.134 e. The minimum absolute atomic E-state index is 0.139. The van der Waals surface area contributed by atoms with Crippen LogP contribution in [0, 0.1) is 22.7 Å². The standard InChI is InChI=1S/C15H14N4S/c16-9-14(10-17)15(13-5-2-1-3-6-13)11-18-7-4-8-19-12-20/h1-3,5-6,18H,4,7-8,11H2. The van der Waals surface area contributed by atoms with Crippen molar-refractivity contribution in [2.24, 2.45) is 4.99 Å². The number of rotatable bonds is 7. The molecule has 0 aliphatic rings. The van der Waals surface area contributed by atoms with E-state index in [2.05, 4.69) is 27.7 Å². The van der Waals surface area contributed by atoms with Crippen LogP contribution < -0.4 is 5.32 Å². The lowest BCUT2D eigenvalue weighted by Crippen LogP contribution is -2.19. The molecule has 0 atom stereocenters. The van der Waals surface area contributed by atoms with Gasteiger partial charge in [-0.05, 0) is 30.7 Å². The highest BCUT2D eigenvalue weighted by molar-refractivity contribution is 7.78. The molecule has 0 aliphatic heterocycles. The summed E-state index contributed by atoms with van der Waals surface area (Å²) in [6, 6.07) is 13.3. The van der Waals surface area contributed by atoms with Crippen molar-refractivity contribution in [2.45, 2.75) is 6.42 Å². The number of allylic oxidation sites excluding steroid dienone is 1. The summed E-state index contributed by atoms with van der Waals surface area (Å²) in [5, 5.41) is 23.6. The van der Waals surface area contributed by atoms with Gasteiger partial charge in [-0.3, -0.25) is 0 Å². The van der Waals surface area contributed by atoms with Crippen molar-refractivity contribution >= 4 is 23.0 Å². The summed E-state index contributed by atoms with van der Waals surface area (Å²) in [6.45, 7) is 1.84. The van der Waals surface area contributed by atoms with Crippen LogP contribution in [0.5, 0.6) is 0 Å². The third-order valence-corrected chi connectivity index (χ3v) is 2.77. The fraction of sp³-hybridized carbons (Fsp3) is 0.267.